The minimum Gasteiger partial charge on any atom is -0.480 e. The SMILES string of the molecule is CSCCC(N/C=C(/C#N)C(=O)Nc1c(C)cccc1C(C)C)C(=O)O. The van der Waals surface area contributed by atoms with Gasteiger partial charge in [-0.05, 0) is 42.4 Å². The molecule has 0 fully saturated rings. The fourth-order valence-electron chi connectivity index (χ4n) is 2.37. The van der Waals surface area contributed by atoms with Gasteiger partial charge in [0.05, 0.1) is 0 Å². The number of hydrogen-bond donors (Lipinski definition) is 3. The Kier molecular flexibility index (Phi) is 8.73. The Bertz CT molecular complexity index is 723. The van der Waals surface area contributed by atoms with Crippen molar-refractivity contribution >= 4 is 29.3 Å². The van der Waals surface area contributed by atoms with Gasteiger partial charge in [-0.2, -0.15) is 17.0 Å². The first-order valence-corrected chi connectivity index (χ1v) is 9.70. The summed E-state index contributed by atoms with van der Waals surface area (Å²) in [4.78, 5) is 23.7. The summed E-state index contributed by atoms with van der Waals surface area (Å²) < 4.78 is 0. The van der Waals surface area contributed by atoms with Crippen molar-refractivity contribution in [2.75, 3.05) is 17.3 Å². The lowest BCUT2D eigenvalue weighted by Gasteiger charge is -2.16. The van der Waals surface area contributed by atoms with Crippen LogP contribution in [0.15, 0.2) is 30.0 Å². The van der Waals surface area contributed by atoms with Gasteiger partial charge in [-0.3, -0.25) is 4.79 Å². The second-order valence-corrected chi connectivity index (χ2v) is 7.14. The van der Waals surface area contributed by atoms with E-state index in [1.807, 2.05) is 51.3 Å². The van der Waals surface area contributed by atoms with Gasteiger partial charge < -0.3 is 15.7 Å². The number of nitrogens with zero attached hydrogens (tertiary/aromatic N) is 1. The number of carbonyl (C=O) groups excluding carboxylic acids is 1. The number of carbonyl (C=O) groups is 2. The van der Waals surface area contributed by atoms with E-state index in [0.29, 0.717) is 17.9 Å². The Morgan fingerprint density at radius 3 is 2.62 bits per heavy atom. The number of amides is 1. The zero-order valence-electron chi connectivity index (χ0n) is 15.5. The Labute approximate surface area is 158 Å². The molecule has 6 nitrogen and oxygen atoms in total. The summed E-state index contributed by atoms with van der Waals surface area (Å²) in [6, 6.07) is 6.73. The summed E-state index contributed by atoms with van der Waals surface area (Å²) in [6.07, 6.45) is 3.46. The molecule has 0 bridgehead atoms. The maximum atomic E-state index is 12.5. The molecule has 0 saturated carbocycles. The van der Waals surface area contributed by atoms with E-state index in [1.165, 1.54) is 18.0 Å². The number of aliphatic carboxylic acids is 1. The van der Waals surface area contributed by atoms with Crippen molar-refractivity contribution < 1.29 is 14.7 Å². The molecule has 1 rings (SSSR count). The van der Waals surface area contributed by atoms with Gasteiger partial charge in [0.15, 0.2) is 0 Å². The number of rotatable bonds is 9. The first kappa shape index (κ1) is 21.6. The molecule has 26 heavy (non-hydrogen) atoms. The Morgan fingerprint density at radius 1 is 1.38 bits per heavy atom. The van der Waals surface area contributed by atoms with Gasteiger partial charge in [0, 0.05) is 11.9 Å². The average Bonchev–Trinajstić information content (AvgIpc) is 2.59. The minimum atomic E-state index is -1.02. The molecule has 0 spiro atoms. The van der Waals surface area contributed by atoms with Gasteiger partial charge >= 0.3 is 5.97 Å². The van der Waals surface area contributed by atoms with Crippen LogP contribution in [0.5, 0.6) is 0 Å². The summed E-state index contributed by atoms with van der Waals surface area (Å²) in [5, 5.41) is 23.9. The molecule has 0 radical (unpaired) electrons. The van der Waals surface area contributed by atoms with Crippen LogP contribution in [0.3, 0.4) is 0 Å². The summed E-state index contributed by atoms with van der Waals surface area (Å²) >= 11 is 1.53. The van der Waals surface area contributed by atoms with Crippen LogP contribution in [0.25, 0.3) is 0 Å². The number of nitriles is 1. The van der Waals surface area contributed by atoms with Crippen molar-refractivity contribution in [1.29, 1.82) is 5.26 Å². The molecule has 0 aliphatic carbocycles. The van der Waals surface area contributed by atoms with Crippen molar-refractivity contribution in [3.8, 4) is 6.07 Å². The van der Waals surface area contributed by atoms with Gasteiger partial charge in [-0.25, -0.2) is 4.79 Å². The van der Waals surface area contributed by atoms with Crippen LogP contribution < -0.4 is 10.6 Å². The third-order valence-corrected chi connectivity index (χ3v) is 4.51. The molecule has 1 unspecified atom stereocenters. The summed E-state index contributed by atoms with van der Waals surface area (Å²) in [5.41, 5.74) is 2.40. The van der Waals surface area contributed by atoms with Gasteiger partial charge in [-0.15, -0.1) is 0 Å². The number of benzene rings is 1. The highest BCUT2D eigenvalue weighted by Gasteiger charge is 2.18. The van der Waals surface area contributed by atoms with Crippen LogP contribution in [0.4, 0.5) is 5.69 Å². The highest BCUT2D eigenvalue weighted by atomic mass is 32.2. The van der Waals surface area contributed by atoms with Crippen LogP contribution in [0.2, 0.25) is 0 Å². The summed E-state index contributed by atoms with van der Waals surface area (Å²) in [6.45, 7) is 5.94. The number of anilines is 1. The van der Waals surface area contributed by atoms with Gasteiger partial charge in [0.2, 0.25) is 0 Å². The first-order valence-electron chi connectivity index (χ1n) is 8.30. The maximum absolute atomic E-state index is 12.5. The zero-order valence-corrected chi connectivity index (χ0v) is 16.3. The molecule has 1 amide bonds. The minimum absolute atomic E-state index is 0.168. The lowest BCUT2D eigenvalue weighted by molar-refractivity contribution is -0.139. The zero-order chi connectivity index (χ0) is 19.7. The van der Waals surface area contributed by atoms with Crippen LogP contribution in [-0.4, -0.2) is 35.0 Å². The quantitative estimate of drug-likeness (QED) is 0.452. The van der Waals surface area contributed by atoms with E-state index >= 15 is 0 Å². The third-order valence-electron chi connectivity index (χ3n) is 3.87. The molecule has 140 valence electrons. The highest BCUT2D eigenvalue weighted by Crippen LogP contribution is 2.27. The molecule has 7 heteroatoms. The van der Waals surface area contributed by atoms with Crippen LogP contribution in [0.1, 0.15) is 37.3 Å². The van der Waals surface area contributed by atoms with E-state index in [2.05, 4.69) is 10.6 Å². The van der Waals surface area contributed by atoms with Crippen LogP contribution in [0, 0.1) is 18.3 Å². The van der Waals surface area contributed by atoms with Crippen LogP contribution in [-0.2, 0) is 9.59 Å². The van der Waals surface area contributed by atoms with Crippen molar-refractivity contribution in [3.63, 3.8) is 0 Å². The number of carboxylic acids is 1. The monoisotopic (exact) mass is 375 g/mol. The molecular weight excluding hydrogens is 350 g/mol. The molecule has 1 atom stereocenters. The van der Waals surface area contributed by atoms with Gasteiger partial charge in [0.1, 0.15) is 17.7 Å². The van der Waals surface area contributed by atoms with Crippen LogP contribution >= 0.6 is 11.8 Å². The third kappa shape index (κ3) is 6.12. The number of para-hydroxylation sites is 1. The maximum Gasteiger partial charge on any atom is 0.326 e. The molecule has 0 saturated heterocycles. The van der Waals surface area contributed by atoms with E-state index in [4.69, 9.17) is 0 Å². The molecule has 0 aromatic heterocycles. The molecule has 0 aliphatic rings. The first-order chi connectivity index (χ1) is 12.3. The largest absolute Gasteiger partial charge is 0.480 e. The summed E-state index contributed by atoms with van der Waals surface area (Å²) in [7, 11) is 0. The Balaban J connectivity index is 2.97. The molecule has 1 aromatic carbocycles. The molecule has 1 aromatic rings. The van der Waals surface area contributed by atoms with E-state index in [0.717, 1.165) is 11.1 Å². The van der Waals surface area contributed by atoms with E-state index < -0.39 is 17.9 Å². The fourth-order valence-corrected chi connectivity index (χ4v) is 2.84. The number of aryl methyl sites for hydroxylation is 1. The van der Waals surface area contributed by atoms with Crippen molar-refractivity contribution in [2.45, 2.75) is 39.2 Å². The molecule has 3 N–H and O–H groups in total. The van der Waals surface area contributed by atoms with E-state index in [9.17, 15) is 20.0 Å². The predicted molar refractivity (Wildman–Crippen MR) is 105 cm³/mol. The smallest absolute Gasteiger partial charge is 0.326 e. The second-order valence-electron chi connectivity index (χ2n) is 6.16. The number of hydrogen-bond acceptors (Lipinski definition) is 5. The number of nitrogens with one attached hydrogen (secondary N) is 2. The molecular formula is C19H25N3O3S. The fraction of sp³-hybridized carbons (Fsp3) is 0.421. The summed E-state index contributed by atoms with van der Waals surface area (Å²) in [5.74, 6) is -0.715. The lowest BCUT2D eigenvalue weighted by Crippen LogP contribution is -2.34. The standard InChI is InChI=1S/C19H25N3O3S/c1-12(2)15-7-5-6-13(3)17(15)22-18(23)14(10-20)11-21-16(19(24)25)8-9-26-4/h5-7,11-12,16,21H,8-9H2,1-4H3,(H,22,23)(H,24,25)/b14-11-. The Morgan fingerprint density at radius 2 is 2.08 bits per heavy atom. The second kappa shape index (κ2) is 10.5. The van der Waals surface area contributed by atoms with Crippen molar-refractivity contribution in [1.82, 2.24) is 5.32 Å². The number of thioether (sulfide) groups is 1. The number of carboxylic acid groups (broad SMARTS) is 1. The van der Waals surface area contributed by atoms with Gasteiger partial charge in [-0.1, -0.05) is 32.0 Å². The van der Waals surface area contributed by atoms with E-state index in [-0.39, 0.29) is 11.5 Å². The van der Waals surface area contributed by atoms with Crippen molar-refractivity contribution in [2.24, 2.45) is 0 Å². The normalized spacial score (nSPS) is 12.4. The van der Waals surface area contributed by atoms with Gasteiger partial charge in [0.25, 0.3) is 5.91 Å². The molecule has 0 heterocycles. The van der Waals surface area contributed by atoms with E-state index in [1.54, 1.807) is 0 Å². The predicted octanol–water partition coefficient (Wildman–Crippen LogP) is 3.26. The average molecular weight is 375 g/mol. The Hall–Kier alpha value is -2.46. The molecule has 0 aliphatic heterocycles. The van der Waals surface area contributed by atoms with Crippen molar-refractivity contribution in [3.05, 3.63) is 41.1 Å². The topological polar surface area (TPSA) is 102 Å². The lowest BCUT2D eigenvalue weighted by atomic mass is 9.98. The highest BCUT2D eigenvalue weighted by molar-refractivity contribution is 7.98.